The Labute approximate surface area is 228 Å². The van der Waals surface area contributed by atoms with E-state index in [2.05, 4.69) is 19.6 Å². The SMILES string of the molecule is COc1ncc(-c2ccc3ncc(OCCN4CCOCC4)c(=O)n3c2)cc1NS(=O)(=O)c1ccc(F)c(F)c1. The number of fused-ring (bicyclic) bond motifs is 1. The van der Waals surface area contributed by atoms with Gasteiger partial charge in [-0.2, -0.15) is 0 Å². The summed E-state index contributed by atoms with van der Waals surface area (Å²) in [4.78, 5) is 23.3. The van der Waals surface area contributed by atoms with E-state index < -0.39 is 32.1 Å². The first kappa shape index (κ1) is 27.4. The Morgan fingerprint density at radius 2 is 1.82 bits per heavy atom. The van der Waals surface area contributed by atoms with Crippen molar-refractivity contribution in [3.63, 3.8) is 0 Å². The highest BCUT2D eigenvalue weighted by Gasteiger charge is 2.20. The summed E-state index contributed by atoms with van der Waals surface area (Å²) in [5.74, 6) is -2.44. The number of hydrogen-bond acceptors (Lipinski definition) is 9. The smallest absolute Gasteiger partial charge is 0.300 e. The van der Waals surface area contributed by atoms with Gasteiger partial charge in [0.15, 0.2) is 11.6 Å². The van der Waals surface area contributed by atoms with Gasteiger partial charge >= 0.3 is 0 Å². The maximum atomic E-state index is 13.7. The van der Waals surface area contributed by atoms with E-state index in [1.54, 1.807) is 12.1 Å². The molecule has 0 saturated carbocycles. The summed E-state index contributed by atoms with van der Waals surface area (Å²) < 4.78 is 72.6. The number of methoxy groups -OCH3 is 1. The van der Waals surface area contributed by atoms with Crippen LogP contribution in [0.3, 0.4) is 0 Å². The second kappa shape index (κ2) is 11.5. The maximum Gasteiger partial charge on any atom is 0.300 e. The average Bonchev–Trinajstić information content (AvgIpc) is 2.96. The Kier molecular flexibility index (Phi) is 7.91. The fourth-order valence-corrected chi connectivity index (χ4v) is 5.19. The number of morpholine rings is 1. The number of anilines is 1. The molecule has 1 aliphatic heterocycles. The van der Waals surface area contributed by atoms with Gasteiger partial charge in [-0.3, -0.25) is 18.8 Å². The van der Waals surface area contributed by atoms with Crippen LogP contribution in [0.2, 0.25) is 0 Å². The molecule has 0 aliphatic carbocycles. The van der Waals surface area contributed by atoms with Crippen molar-refractivity contribution in [3.8, 4) is 22.8 Å². The van der Waals surface area contributed by atoms with E-state index >= 15 is 0 Å². The summed E-state index contributed by atoms with van der Waals surface area (Å²) in [6.07, 6.45) is 4.36. The van der Waals surface area contributed by atoms with E-state index in [0.717, 1.165) is 25.2 Å². The van der Waals surface area contributed by atoms with E-state index in [-0.39, 0.29) is 17.3 Å². The fourth-order valence-electron chi connectivity index (χ4n) is 4.13. The number of aromatic nitrogens is 3. The molecule has 5 rings (SSSR count). The molecule has 14 heteroatoms. The number of hydrogen-bond donors (Lipinski definition) is 1. The average molecular weight is 574 g/mol. The lowest BCUT2D eigenvalue weighted by Gasteiger charge is -2.26. The number of ether oxygens (including phenoxy) is 3. The third-order valence-electron chi connectivity index (χ3n) is 6.26. The molecule has 4 heterocycles. The van der Waals surface area contributed by atoms with Crippen molar-refractivity contribution in [3.05, 3.63) is 77.0 Å². The van der Waals surface area contributed by atoms with E-state index in [0.29, 0.717) is 49.2 Å². The molecule has 1 saturated heterocycles. The molecule has 0 unspecified atom stereocenters. The molecule has 0 bridgehead atoms. The highest BCUT2D eigenvalue weighted by molar-refractivity contribution is 7.92. The van der Waals surface area contributed by atoms with Crippen molar-refractivity contribution in [2.45, 2.75) is 4.90 Å². The van der Waals surface area contributed by atoms with Crippen LogP contribution < -0.4 is 19.8 Å². The minimum absolute atomic E-state index is 0.0458. The zero-order valence-electron chi connectivity index (χ0n) is 21.3. The minimum Gasteiger partial charge on any atom is -0.485 e. The third-order valence-corrected chi connectivity index (χ3v) is 7.63. The molecule has 1 aromatic carbocycles. The first-order chi connectivity index (χ1) is 19.2. The second-order valence-corrected chi connectivity index (χ2v) is 10.5. The number of sulfonamides is 1. The molecular weight excluding hydrogens is 548 g/mol. The first-order valence-electron chi connectivity index (χ1n) is 12.2. The van der Waals surface area contributed by atoms with Crippen LogP contribution in [0.5, 0.6) is 11.6 Å². The topological polar surface area (TPSA) is 124 Å². The molecule has 40 heavy (non-hydrogen) atoms. The minimum atomic E-state index is -4.32. The lowest BCUT2D eigenvalue weighted by Crippen LogP contribution is -2.38. The lowest BCUT2D eigenvalue weighted by molar-refractivity contribution is 0.0321. The summed E-state index contributed by atoms with van der Waals surface area (Å²) in [5.41, 5.74) is 0.890. The van der Waals surface area contributed by atoms with E-state index in [1.165, 1.54) is 36.2 Å². The van der Waals surface area contributed by atoms with Crippen LogP contribution in [-0.2, 0) is 14.8 Å². The van der Waals surface area contributed by atoms with Gasteiger partial charge in [0.05, 0.1) is 31.4 Å². The molecular formula is C26H25F2N5O6S. The number of halogens is 2. The van der Waals surface area contributed by atoms with Gasteiger partial charge in [-0.1, -0.05) is 0 Å². The molecule has 1 N–H and O–H groups in total. The van der Waals surface area contributed by atoms with Crippen LogP contribution >= 0.6 is 0 Å². The molecule has 1 fully saturated rings. The predicted octanol–water partition coefficient (Wildman–Crippen LogP) is 2.56. The van der Waals surface area contributed by atoms with Crippen molar-refractivity contribution in [1.29, 1.82) is 0 Å². The van der Waals surface area contributed by atoms with Crippen molar-refractivity contribution in [2.24, 2.45) is 0 Å². The first-order valence-corrected chi connectivity index (χ1v) is 13.7. The number of pyridine rings is 2. The Morgan fingerprint density at radius 1 is 1.02 bits per heavy atom. The summed E-state index contributed by atoms with van der Waals surface area (Å²) in [6.45, 7) is 3.89. The maximum absolute atomic E-state index is 13.7. The van der Waals surface area contributed by atoms with Crippen molar-refractivity contribution < 1.29 is 31.4 Å². The van der Waals surface area contributed by atoms with Crippen LogP contribution in [0, 0.1) is 11.6 Å². The normalized spacial score (nSPS) is 14.3. The van der Waals surface area contributed by atoms with Crippen LogP contribution in [0.15, 0.2) is 64.7 Å². The second-order valence-electron chi connectivity index (χ2n) is 8.84. The summed E-state index contributed by atoms with van der Waals surface area (Å²) >= 11 is 0. The van der Waals surface area contributed by atoms with E-state index in [9.17, 15) is 22.0 Å². The van der Waals surface area contributed by atoms with Gasteiger partial charge in [-0.15, -0.1) is 0 Å². The summed E-state index contributed by atoms with van der Waals surface area (Å²) in [6, 6.07) is 7.00. The van der Waals surface area contributed by atoms with Gasteiger partial charge in [-0.25, -0.2) is 27.2 Å². The Morgan fingerprint density at radius 3 is 2.58 bits per heavy atom. The lowest BCUT2D eigenvalue weighted by atomic mass is 10.1. The molecule has 3 aromatic heterocycles. The van der Waals surface area contributed by atoms with E-state index in [1.807, 2.05) is 0 Å². The Balaban J connectivity index is 1.41. The van der Waals surface area contributed by atoms with Gasteiger partial charge < -0.3 is 14.2 Å². The summed E-state index contributed by atoms with van der Waals surface area (Å²) in [7, 11) is -3.01. The number of nitrogens with zero attached hydrogens (tertiary/aromatic N) is 4. The zero-order chi connectivity index (χ0) is 28.3. The zero-order valence-corrected chi connectivity index (χ0v) is 22.2. The monoisotopic (exact) mass is 573 g/mol. The Hall–Kier alpha value is -4.14. The van der Waals surface area contributed by atoms with Gasteiger partial charge in [0.25, 0.3) is 15.6 Å². The van der Waals surface area contributed by atoms with Gasteiger partial charge in [0.2, 0.25) is 11.6 Å². The number of nitrogens with one attached hydrogen (secondary N) is 1. The van der Waals surface area contributed by atoms with Crippen molar-refractivity contribution in [2.75, 3.05) is 51.3 Å². The van der Waals surface area contributed by atoms with Gasteiger partial charge in [0, 0.05) is 43.2 Å². The molecule has 4 aromatic rings. The van der Waals surface area contributed by atoms with Crippen LogP contribution in [-0.4, -0.2) is 74.3 Å². The highest BCUT2D eigenvalue weighted by atomic mass is 32.2. The quantitative estimate of drug-likeness (QED) is 0.322. The molecule has 210 valence electrons. The van der Waals surface area contributed by atoms with Crippen LogP contribution in [0.1, 0.15) is 0 Å². The molecule has 0 amide bonds. The summed E-state index contributed by atoms with van der Waals surface area (Å²) in [5, 5.41) is 0. The fraction of sp³-hybridized carbons (Fsp3) is 0.269. The van der Waals surface area contributed by atoms with Gasteiger partial charge in [-0.05, 0) is 36.4 Å². The van der Waals surface area contributed by atoms with Crippen molar-refractivity contribution in [1.82, 2.24) is 19.3 Å². The van der Waals surface area contributed by atoms with Crippen molar-refractivity contribution >= 4 is 21.4 Å². The predicted molar refractivity (Wildman–Crippen MR) is 141 cm³/mol. The van der Waals surface area contributed by atoms with Gasteiger partial charge in [0.1, 0.15) is 17.9 Å². The largest absolute Gasteiger partial charge is 0.485 e. The number of rotatable bonds is 9. The molecule has 0 radical (unpaired) electrons. The molecule has 0 spiro atoms. The number of benzene rings is 1. The molecule has 1 aliphatic rings. The van der Waals surface area contributed by atoms with Crippen LogP contribution in [0.25, 0.3) is 16.8 Å². The standard InChI is InChI=1S/C26H25F2N5O6S/c1-37-25-22(31-40(35,36)19-3-4-20(27)21(28)13-19)12-18(14-30-25)17-2-5-24-29-15-23(26(34)33(24)16-17)39-11-8-32-6-9-38-10-7-32/h2-5,12-16,31H,6-11H2,1H3. The Bertz CT molecular complexity index is 1710. The highest BCUT2D eigenvalue weighted by Crippen LogP contribution is 2.30. The van der Waals surface area contributed by atoms with E-state index in [4.69, 9.17) is 14.2 Å². The molecule has 11 nitrogen and oxygen atoms in total. The molecule has 0 atom stereocenters. The third kappa shape index (κ3) is 5.88. The van der Waals surface area contributed by atoms with Crippen LogP contribution in [0.4, 0.5) is 14.5 Å².